The lowest BCUT2D eigenvalue weighted by atomic mass is 10.1. The smallest absolute Gasteiger partial charge is 0.257 e. The molecule has 0 saturated carbocycles. The summed E-state index contributed by atoms with van der Waals surface area (Å²) in [5.74, 6) is 0.399. The van der Waals surface area contributed by atoms with Crippen molar-refractivity contribution < 1.29 is 14.3 Å². The summed E-state index contributed by atoms with van der Waals surface area (Å²) in [6.45, 7) is 0. The number of fused-ring (bicyclic) bond motifs is 1. The zero-order chi connectivity index (χ0) is 21.6. The van der Waals surface area contributed by atoms with Gasteiger partial charge in [-0.15, -0.1) is 11.8 Å². The quantitative estimate of drug-likeness (QED) is 0.534. The van der Waals surface area contributed by atoms with E-state index in [2.05, 4.69) is 33.8 Å². The number of hydrogen-bond donors (Lipinski definition) is 2. The molecule has 31 heavy (non-hydrogen) atoms. The van der Waals surface area contributed by atoms with Gasteiger partial charge in [-0.25, -0.2) is 0 Å². The molecule has 6 nitrogen and oxygen atoms in total. The van der Waals surface area contributed by atoms with Crippen LogP contribution in [0.15, 0.2) is 65.8 Å². The number of amides is 2. The highest BCUT2D eigenvalue weighted by Crippen LogP contribution is 2.30. The maximum absolute atomic E-state index is 12.4. The molecule has 0 atom stereocenters. The predicted octanol–water partition coefficient (Wildman–Crippen LogP) is 4.56. The minimum atomic E-state index is -0.283. The fourth-order valence-corrected chi connectivity index (χ4v) is 4.31. The first kappa shape index (κ1) is 20.9. The number of carbonyl (C=O) groups excluding carboxylic acids is 2. The summed E-state index contributed by atoms with van der Waals surface area (Å²) in [6, 6.07) is 15.0. The molecule has 0 fully saturated rings. The lowest BCUT2D eigenvalue weighted by Crippen LogP contribution is -2.15. The van der Waals surface area contributed by atoms with Gasteiger partial charge in [-0.1, -0.05) is 6.07 Å². The molecular weight excluding hydrogens is 410 g/mol. The average molecular weight is 434 g/mol. The Labute approximate surface area is 185 Å². The topological polar surface area (TPSA) is 80.3 Å². The van der Waals surface area contributed by atoms with Crippen LogP contribution in [0.1, 0.15) is 27.9 Å². The van der Waals surface area contributed by atoms with Crippen LogP contribution < -0.4 is 15.4 Å². The summed E-state index contributed by atoms with van der Waals surface area (Å²) in [6.07, 6.45) is 6.59. The van der Waals surface area contributed by atoms with E-state index in [0.29, 0.717) is 28.4 Å². The van der Waals surface area contributed by atoms with Crippen LogP contribution in [-0.2, 0) is 17.6 Å². The van der Waals surface area contributed by atoms with Crippen LogP contribution in [0.5, 0.6) is 5.75 Å². The van der Waals surface area contributed by atoms with Crippen molar-refractivity contribution in [3.05, 3.63) is 77.6 Å². The summed E-state index contributed by atoms with van der Waals surface area (Å²) in [4.78, 5) is 29.8. The molecule has 2 amide bonds. The van der Waals surface area contributed by atoms with Gasteiger partial charge in [0.25, 0.3) is 5.91 Å². The molecule has 2 aromatic carbocycles. The fourth-order valence-electron chi connectivity index (χ4n) is 3.55. The van der Waals surface area contributed by atoms with E-state index in [9.17, 15) is 9.59 Å². The highest BCUT2D eigenvalue weighted by molar-refractivity contribution is 8.00. The van der Waals surface area contributed by atoms with Gasteiger partial charge in [0.2, 0.25) is 5.91 Å². The van der Waals surface area contributed by atoms with E-state index in [0.717, 1.165) is 17.7 Å². The van der Waals surface area contributed by atoms with Crippen LogP contribution in [0, 0.1) is 0 Å². The van der Waals surface area contributed by atoms with E-state index in [4.69, 9.17) is 4.74 Å². The fraction of sp³-hybridized carbons (Fsp3) is 0.208. The standard InChI is InChI=1S/C24H23N3O3S/c1-30-22-13-19(8-10-21(22)27-24(29)18-6-3-11-25-14-18)26-23(28)15-31-20-9-7-16-4-2-5-17(16)12-20/h3,6-14H,2,4-5,15H2,1H3,(H,26,28)(H,27,29). The minimum absolute atomic E-state index is 0.0975. The Morgan fingerprint density at radius 2 is 1.94 bits per heavy atom. The Kier molecular flexibility index (Phi) is 6.52. The number of rotatable bonds is 7. The third-order valence-electron chi connectivity index (χ3n) is 5.10. The molecule has 0 bridgehead atoms. The first-order valence-electron chi connectivity index (χ1n) is 10.1. The van der Waals surface area contributed by atoms with E-state index < -0.39 is 0 Å². The molecule has 0 radical (unpaired) electrons. The minimum Gasteiger partial charge on any atom is -0.494 e. The van der Waals surface area contributed by atoms with Crippen molar-refractivity contribution in [2.75, 3.05) is 23.5 Å². The highest BCUT2D eigenvalue weighted by Gasteiger charge is 2.13. The van der Waals surface area contributed by atoms with Gasteiger partial charge in [-0.3, -0.25) is 14.6 Å². The molecule has 3 aromatic rings. The second kappa shape index (κ2) is 9.66. The van der Waals surface area contributed by atoms with Gasteiger partial charge < -0.3 is 15.4 Å². The van der Waals surface area contributed by atoms with Gasteiger partial charge in [0, 0.05) is 29.0 Å². The van der Waals surface area contributed by atoms with Gasteiger partial charge in [0.05, 0.1) is 24.1 Å². The number of methoxy groups -OCH3 is 1. The van der Waals surface area contributed by atoms with Crippen LogP contribution in [0.4, 0.5) is 11.4 Å². The number of aryl methyl sites for hydroxylation is 2. The van der Waals surface area contributed by atoms with Crippen molar-refractivity contribution in [1.29, 1.82) is 0 Å². The molecule has 1 aliphatic carbocycles. The van der Waals surface area contributed by atoms with E-state index in [1.807, 2.05) is 0 Å². The second-order valence-corrected chi connectivity index (χ2v) is 8.28. The number of aromatic nitrogens is 1. The monoisotopic (exact) mass is 433 g/mol. The van der Waals surface area contributed by atoms with E-state index in [-0.39, 0.29) is 11.8 Å². The lowest BCUT2D eigenvalue weighted by Gasteiger charge is -2.13. The van der Waals surface area contributed by atoms with Crippen LogP contribution in [0.25, 0.3) is 0 Å². The van der Waals surface area contributed by atoms with Crippen molar-refractivity contribution in [3.63, 3.8) is 0 Å². The normalized spacial score (nSPS) is 12.2. The summed E-state index contributed by atoms with van der Waals surface area (Å²) < 4.78 is 5.39. The van der Waals surface area contributed by atoms with Gasteiger partial charge in [-0.05, 0) is 66.8 Å². The van der Waals surface area contributed by atoms with Gasteiger partial charge in [0.1, 0.15) is 5.75 Å². The largest absolute Gasteiger partial charge is 0.494 e. The van der Waals surface area contributed by atoms with E-state index >= 15 is 0 Å². The van der Waals surface area contributed by atoms with Crippen molar-refractivity contribution in [3.8, 4) is 5.75 Å². The molecule has 2 N–H and O–H groups in total. The Morgan fingerprint density at radius 3 is 2.74 bits per heavy atom. The SMILES string of the molecule is COc1cc(NC(=O)CSc2ccc3c(c2)CCC3)ccc1NC(=O)c1cccnc1. The number of nitrogens with one attached hydrogen (secondary N) is 2. The van der Waals surface area contributed by atoms with Crippen molar-refractivity contribution >= 4 is 35.0 Å². The molecule has 0 unspecified atom stereocenters. The van der Waals surface area contributed by atoms with Crippen molar-refractivity contribution in [1.82, 2.24) is 4.98 Å². The highest BCUT2D eigenvalue weighted by atomic mass is 32.2. The molecule has 0 saturated heterocycles. The van der Waals surface area contributed by atoms with Crippen molar-refractivity contribution in [2.45, 2.75) is 24.2 Å². The van der Waals surface area contributed by atoms with Crippen molar-refractivity contribution in [2.24, 2.45) is 0 Å². The maximum Gasteiger partial charge on any atom is 0.257 e. The number of ether oxygens (including phenoxy) is 1. The molecule has 7 heteroatoms. The van der Waals surface area contributed by atoms with Crippen LogP contribution in [-0.4, -0.2) is 29.7 Å². The second-order valence-electron chi connectivity index (χ2n) is 7.23. The first-order valence-corrected chi connectivity index (χ1v) is 11.0. The third-order valence-corrected chi connectivity index (χ3v) is 6.09. The van der Waals surface area contributed by atoms with E-state index in [1.54, 1.807) is 36.5 Å². The first-order chi connectivity index (χ1) is 15.1. The Bertz CT molecular complexity index is 1100. The third kappa shape index (κ3) is 5.24. The number of thioether (sulfide) groups is 1. The number of hydrogen-bond acceptors (Lipinski definition) is 5. The summed E-state index contributed by atoms with van der Waals surface area (Å²) in [7, 11) is 1.52. The number of benzene rings is 2. The number of carbonyl (C=O) groups is 2. The van der Waals surface area contributed by atoms with E-state index in [1.165, 1.54) is 42.6 Å². The molecule has 4 rings (SSSR count). The number of nitrogens with zero attached hydrogens (tertiary/aromatic N) is 1. The molecule has 0 spiro atoms. The Hall–Kier alpha value is -3.32. The molecule has 1 aromatic heterocycles. The summed E-state index contributed by atoms with van der Waals surface area (Å²) >= 11 is 1.53. The zero-order valence-corrected chi connectivity index (χ0v) is 18.0. The Balaban J connectivity index is 1.36. The van der Waals surface area contributed by atoms with Crippen LogP contribution >= 0.6 is 11.8 Å². The molecule has 158 valence electrons. The van der Waals surface area contributed by atoms with Gasteiger partial charge in [0.15, 0.2) is 0 Å². The zero-order valence-electron chi connectivity index (χ0n) is 17.2. The van der Waals surface area contributed by atoms with Gasteiger partial charge in [-0.2, -0.15) is 0 Å². The number of anilines is 2. The molecule has 1 aliphatic rings. The summed E-state index contributed by atoms with van der Waals surface area (Å²) in [5.41, 5.74) is 4.40. The Morgan fingerprint density at radius 1 is 1.06 bits per heavy atom. The lowest BCUT2D eigenvalue weighted by molar-refractivity contribution is -0.113. The maximum atomic E-state index is 12.4. The molecular formula is C24H23N3O3S. The summed E-state index contributed by atoms with van der Waals surface area (Å²) in [5, 5.41) is 5.69. The molecule has 0 aliphatic heterocycles. The average Bonchev–Trinajstić information content (AvgIpc) is 3.27. The van der Waals surface area contributed by atoms with Crippen LogP contribution in [0.3, 0.4) is 0 Å². The van der Waals surface area contributed by atoms with Crippen LogP contribution in [0.2, 0.25) is 0 Å². The number of pyridine rings is 1. The predicted molar refractivity (Wildman–Crippen MR) is 123 cm³/mol. The van der Waals surface area contributed by atoms with Gasteiger partial charge >= 0.3 is 0 Å². The molecule has 1 heterocycles.